The Kier molecular flexibility index (Phi) is 4.76. The third-order valence-electron chi connectivity index (χ3n) is 3.02. The lowest BCUT2D eigenvalue weighted by molar-refractivity contribution is 0.421. The summed E-state index contributed by atoms with van der Waals surface area (Å²) in [6.45, 7) is 6.56. The molecule has 0 aliphatic carbocycles. The average molecular weight is 206 g/mol. The Hall–Kier alpha value is -0.890. The highest BCUT2D eigenvalue weighted by Gasteiger charge is 2.12. The van der Waals surface area contributed by atoms with Crippen molar-refractivity contribution < 1.29 is 0 Å². The van der Waals surface area contributed by atoms with Gasteiger partial charge in [0.2, 0.25) is 0 Å². The molecule has 1 N–H and O–H groups in total. The SMILES string of the molecule is CCC(C)CC(NC)c1ccc(C)nc1. The van der Waals surface area contributed by atoms with Crippen LogP contribution in [0.2, 0.25) is 0 Å². The quantitative estimate of drug-likeness (QED) is 0.800. The van der Waals surface area contributed by atoms with Gasteiger partial charge in [-0.05, 0) is 37.9 Å². The van der Waals surface area contributed by atoms with Crippen molar-refractivity contribution in [1.82, 2.24) is 10.3 Å². The monoisotopic (exact) mass is 206 g/mol. The summed E-state index contributed by atoms with van der Waals surface area (Å²) < 4.78 is 0. The zero-order valence-corrected chi connectivity index (χ0v) is 10.2. The highest BCUT2D eigenvalue weighted by Crippen LogP contribution is 2.21. The number of rotatable bonds is 5. The second-order valence-electron chi connectivity index (χ2n) is 4.32. The summed E-state index contributed by atoms with van der Waals surface area (Å²) >= 11 is 0. The number of nitrogens with zero attached hydrogens (tertiary/aromatic N) is 1. The van der Waals surface area contributed by atoms with Crippen molar-refractivity contribution in [3.05, 3.63) is 29.6 Å². The van der Waals surface area contributed by atoms with Crippen molar-refractivity contribution in [2.75, 3.05) is 7.05 Å². The van der Waals surface area contributed by atoms with Gasteiger partial charge in [0.25, 0.3) is 0 Å². The standard InChI is InChI=1S/C13H22N2/c1-5-10(2)8-13(14-4)12-7-6-11(3)15-9-12/h6-7,9-10,13-14H,5,8H2,1-4H3. The fraction of sp³-hybridized carbons (Fsp3) is 0.615. The van der Waals surface area contributed by atoms with Gasteiger partial charge in [-0.2, -0.15) is 0 Å². The van der Waals surface area contributed by atoms with Crippen LogP contribution < -0.4 is 5.32 Å². The van der Waals surface area contributed by atoms with Gasteiger partial charge in [0.15, 0.2) is 0 Å². The van der Waals surface area contributed by atoms with Crippen LogP contribution in [0.15, 0.2) is 18.3 Å². The van der Waals surface area contributed by atoms with Crippen LogP contribution in [0.1, 0.15) is 44.0 Å². The Morgan fingerprint density at radius 1 is 1.40 bits per heavy atom. The molecular formula is C13H22N2. The fourth-order valence-electron chi connectivity index (χ4n) is 1.68. The number of hydrogen-bond donors (Lipinski definition) is 1. The number of hydrogen-bond acceptors (Lipinski definition) is 2. The Balaban J connectivity index is 2.69. The van der Waals surface area contributed by atoms with Crippen molar-refractivity contribution in [2.45, 2.75) is 39.7 Å². The summed E-state index contributed by atoms with van der Waals surface area (Å²) in [6, 6.07) is 4.69. The van der Waals surface area contributed by atoms with Crippen molar-refractivity contribution in [3.63, 3.8) is 0 Å². The zero-order chi connectivity index (χ0) is 11.3. The summed E-state index contributed by atoms with van der Waals surface area (Å²) in [5, 5.41) is 3.36. The molecule has 1 heterocycles. The van der Waals surface area contributed by atoms with E-state index >= 15 is 0 Å². The van der Waals surface area contributed by atoms with E-state index < -0.39 is 0 Å². The molecule has 2 nitrogen and oxygen atoms in total. The van der Waals surface area contributed by atoms with Crippen LogP contribution in [0, 0.1) is 12.8 Å². The largest absolute Gasteiger partial charge is 0.313 e. The highest BCUT2D eigenvalue weighted by atomic mass is 14.9. The van der Waals surface area contributed by atoms with Crippen LogP contribution in [0.4, 0.5) is 0 Å². The van der Waals surface area contributed by atoms with Crippen LogP contribution in [-0.4, -0.2) is 12.0 Å². The maximum absolute atomic E-state index is 4.34. The van der Waals surface area contributed by atoms with Gasteiger partial charge < -0.3 is 5.32 Å². The molecule has 0 saturated carbocycles. The first-order valence-electron chi connectivity index (χ1n) is 5.77. The second kappa shape index (κ2) is 5.86. The molecule has 1 aromatic rings. The van der Waals surface area contributed by atoms with Crippen LogP contribution in [0.3, 0.4) is 0 Å². The minimum absolute atomic E-state index is 0.438. The fourth-order valence-corrected chi connectivity index (χ4v) is 1.68. The summed E-state index contributed by atoms with van der Waals surface area (Å²) in [6.07, 6.45) is 4.40. The molecule has 0 fully saturated rings. The first kappa shape index (κ1) is 12.2. The Labute approximate surface area is 93.1 Å². The number of nitrogens with one attached hydrogen (secondary N) is 1. The lowest BCUT2D eigenvalue weighted by Gasteiger charge is -2.19. The molecule has 84 valence electrons. The predicted molar refractivity (Wildman–Crippen MR) is 64.8 cm³/mol. The van der Waals surface area contributed by atoms with Gasteiger partial charge in [-0.1, -0.05) is 26.3 Å². The molecule has 2 unspecified atom stereocenters. The molecule has 0 aliphatic heterocycles. The molecule has 2 heteroatoms. The highest BCUT2D eigenvalue weighted by molar-refractivity contribution is 5.17. The molecule has 1 rings (SSSR count). The van der Waals surface area contributed by atoms with Crippen molar-refractivity contribution >= 4 is 0 Å². The summed E-state index contributed by atoms with van der Waals surface area (Å²) in [4.78, 5) is 4.34. The molecular weight excluding hydrogens is 184 g/mol. The van der Waals surface area contributed by atoms with E-state index in [2.05, 4.69) is 36.3 Å². The molecule has 0 spiro atoms. The molecule has 0 aromatic carbocycles. The maximum Gasteiger partial charge on any atom is 0.0372 e. The maximum atomic E-state index is 4.34. The van der Waals surface area contributed by atoms with Crippen LogP contribution in [0.5, 0.6) is 0 Å². The topological polar surface area (TPSA) is 24.9 Å². The lowest BCUT2D eigenvalue weighted by Crippen LogP contribution is -2.19. The van der Waals surface area contributed by atoms with Gasteiger partial charge >= 0.3 is 0 Å². The van der Waals surface area contributed by atoms with E-state index in [0.29, 0.717) is 6.04 Å². The third kappa shape index (κ3) is 3.63. The third-order valence-corrected chi connectivity index (χ3v) is 3.02. The Morgan fingerprint density at radius 3 is 2.60 bits per heavy atom. The number of pyridine rings is 1. The smallest absolute Gasteiger partial charge is 0.0372 e. The normalized spacial score (nSPS) is 14.9. The van der Waals surface area contributed by atoms with E-state index in [4.69, 9.17) is 0 Å². The molecule has 15 heavy (non-hydrogen) atoms. The second-order valence-corrected chi connectivity index (χ2v) is 4.32. The van der Waals surface area contributed by atoms with E-state index in [1.54, 1.807) is 0 Å². The van der Waals surface area contributed by atoms with Crippen LogP contribution in [0.25, 0.3) is 0 Å². The van der Waals surface area contributed by atoms with E-state index in [1.165, 1.54) is 18.4 Å². The molecule has 2 atom stereocenters. The Morgan fingerprint density at radius 2 is 2.13 bits per heavy atom. The van der Waals surface area contributed by atoms with Gasteiger partial charge in [-0.3, -0.25) is 4.98 Å². The van der Waals surface area contributed by atoms with E-state index in [9.17, 15) is 0 Å². The van der Waals surface area contributed by atoms with Gasteiger partial charge in [0.1, 0.15) is 0 Å². The summed E-state index contributed by atoms with van der Waals surface area (Å²) in [5.74, 6) is 0.753. The summed E-state index contributed by atoms with van der Waals surface area (Å²) in [5.41, 5.74) is 2.38. The first-order valence-corrected chi connectivity index (χ1v) is 5.77. The van der Waals surface area contributed by atoms with Gasteiger partial charge in [-0.25, -0.2) is 0 Å². The molecule has 0 bridgehead atoms. The van der Waals surface area contributed by atoms with E-state index in [1.807, 2.05) is 20.2 Å². The van der Waals surface area contributed by atoms with Crippen molar-refractivity contribution in [1.29, 1.82) is 0 Å². The van der Waals surface area contributed by atoms with E-state index in [0.717, 1.165) is 11.6 Å². The lowest BCUT2D eigenvalue weighted by atomic mass is 9.95. The van der Waals surface area contributed by atoms with E-state index in [-0.39, 0.29) is 0 Å². The zero-order valence-electron chi connectivity index (χ0n) is 10.2. The van der Waals surface area contributed by atoms with Gasteiger partial charge in [0, 0.05) is 17.9 Å². The minimum atomic E-state index is 0.438. The summed E-state index contributed by atoms with van der Waals surface area (Å²) in [7, 11) is 2.02. The number of aromatic nitrogens is 1. The minimum Gasteiger partial charge on any atom is -0.313 e. The van der Waals surface area contributed by atoms with Crippen molar-refractivity contribution in [3.8, 4) is 0 Å². The number of aryl methyl sites for hydroxylation is 1. The molecule has 0 radical (unpaired) electrons. The average Bonchev–Trinajstić information content (AvgIpc) is 2.27. The molecule has 0 aliphatic rings. The molecule has 0 saturated heterocycles. The predicted octanol–water partition coefficient (Wildman–Crippen LogP) is 3.09. The molecule has 1 aromatic heterocycles. The van der Waals surface area contributed by atoms with Crippen molar-refractivity contribution in [2.24, 2.45) is 5.92 Å². The molecule has 0 amide bonds. The van der Waals surface area contributed by atoms with Gasteiger partial charge in [-0.15, -0.1) is 0 Å². The Bertz CT molecular complexity index is 279. The van der Waals surface area contributed by atoms with Crippen LogP contribution >= 0.6 is 0 Å². The first-order chi connectivity index (χ1) is 7.17. The van der Waals surface area contributed by atoms with Gasteiger partial charge in [0.05, 0.1) is 0 Å². The van der Waals surface area contributed by atoms with Crippen LogP contribution in [-0.2, 0) is 0 Å².